The third-order valence-electron chi connectivity index (χ3n) is 4.38. The number of aromatic nitrogens is 2. The molecule has 0 N–H and O–H groups in total. The van der Waals surface area contributed by atoms with Gasteiger partial charge in [-0.15, -0.1) is 0 Å². The van der Waals surface area contributed by atoms with Crippen LogP contribution in [0.25, 0.3) is 11.0 Å². The van der Waals surface area contributed by atoms with E-state index in [-0.39, 0.29) is 18.1 Å². The van der Waals surface area contributed by atoms with E-state index in [1.54, 1.807) is 20.8 Å². The number of thioether (sulfide) groups is 1. The number of esters is 1. The Morgan fingerprint density at radius 1 is 1.14 bits per heavy atom. The Kier molecular flexibility index (Phi) is 6.65. The zero-order valence-electron chi connectivity index (χ0n) is 16.6. The van der Waals surface area contributed by atoms with Crippen LogP contribution >= 0.6 is 23.4 Å². The van der Waals surface area contributed by atoms with Gasteiger partial charge in [0, 0.05) is 10.4 Å². The molecule has 29 heavy (non-hydrogen) atoms. The zero-order valence-corrected chi connectivity index (χ0v) is 18.2. The average Bonchev–Trinajstić information content (AvgIpc) is 3.00. The van der Waals surface area contributed by atoms with E-state index in [1.807, 2.05) is 48.5 Å². The van der Waals surface area contributed by atoms with Crippen LogP contribution in [0.15, 0.2) is 53.7 Å². The Balaban J connectivity index is 1.75. The van der Waals surface area contributed by atoms with Crippen molar-refractivity contribution in [1.82, 2.24) is 9.55 Å². The first-order chi connectivity index (χ1) is 13.7. The number of carbonyl (C=O) groups is 2. The number of imidazole rings is 1. The van der Waals surface area contributed by atoms with E-state index in [4.69, 9.17) is 16.3 Å². The second kappa shape index (κ2) is 9.01. The van der Waals surface area contributed by atoms with E-state index < -0.39 is 11.4 Å². The summed E-state index contributed by atoms with van der Waals surface area (Å²) in [5.74, 6) is -0.478. The maximum atomic E-state index is 12.1. The molecule has 3 aromatic rings. The van der Waals surface area contributed by atoms with Gasteiger partial charge in [-0.05, 0) is 23.8 Å². The predicted molar refractivity (Wildman–Crippen MR) is 116 cm³/mol. The minimum Gasteiger partial charge on any atom is -0.457 e. The Bertz CT molecular complexity index is 1030. The number of carbonyl (C=O) groups excluding carboxylic acids is 2. The summed E-state index contributed by atoms with van der Waals surface area (Å²) in [5, 5.41) is 1.31. The molecule has 0 bridgehead atoms. The first kappa shape index (κ1) is 21.4. The lowest BCUT2D eigenvalue weighted by molar-refractivity contribution is -0.147. The second-order valence-electron chi connectivity index (χ2n) is 7.72. The third-order valence-corrected chi connectivity index (χ3v) is 5.56. The monoisotopic (exact) mass is 430 g/mol. The van der Waals surface area contributed by atoms with Crippen molar-refractivity contribution in [2.45, 2.75) is 32.5 Å². The van der Waals surface area contributed by atoms with Gasteiger partial charge < -0.3 is 9.30 Å². The van der Waals surface area contributed by atoms with Crippen molar-refractivity contribution in [1.29, 1.82) is 0 Å². The highest BCUT2D eigenvalue weighted by molar-refractivity contribution is 7.99. The number of hydrogen-bond donors (Lipinski definition) is 0. The molecular formula is C22H23ClN2O3S. The first-order valence-corrected chi connectivity index (χ1v) is 10.6. The van der Waals surface area contributed by atoms with Crippen LogP contribution in [-0.4, -0.2) is 33.7 Å². The van der Waals surface area contributed by atoms with Gasteiger partial charge in [-0.1, -0.05) is 74.5 Å². The number of ether oxygens (including phenoxy) is 1. The molecule has 0 saturated heterocycles. The standard InChI is InChI=1S/C22H23ClN2O3S/c1-22(2,3)19(26)13-28-20(27)14-29-21-24-17-11-16(23)9-10-18(17)25(21)12-15-7-5-4-6-8-15/h4-11H,12-14H2,1-3H3. The van der Waals surface area contributed by atoms with Crippen LogP contribution in [0.4, 0.5) is 0 Å². The summed E-state index contributed by atoms with van der Waals surface area (Å²) in [6, 6.07) is 15.6. The predicted octanol–water partition coefficient (Wildman–Crippen LogP) is 4.99. The van der Waals surface area contributed by atoms with Crippen molar-refractivity contribution in [2.75, 3.05) is 12.4 Å². The third kappa shape index (κ3) is 5.61. The zero-order chi connectivity index (χ0) is 21.0. The van der Waals surface area contributed by atoms with Crippen LogP contribution in [0.3, 0.4) is 0 Å². The maximum absolute atomic E-state index is 12.1. The van der Waals surface area contributed by atoms with Crippen molar-refractivity contribution >= 4 is 46.1 Å². The largest absolute Gasteiger partial charge is 0.457 e. The summed E-state index contributed by atoms with van der Waals surface area (Å²) in [5.41, 5.74) is 2.31. The molecule has 0 spiro atoms. The Morgan fingerprint density at radius 2 is 1.86 bits per heavy atom. The van der Waals surface area contributed by atoms with Crippen molar-refractivity contribution < 1.29 is 14.3 Å². The lowest BCUT2D eigenvalue weighted by Gasteiger charge is -2.16. The Hall–Kier alpha value is -2.31. The minimum atomic E-state index is -0.531. The van der Waals surface area contributed by atoms with Gasteiger partial charge in [0.15, 0.2) is 17.5 Å². The molecule has 1 heterocycles. The fourth-order valence-electron chi connectivity index (χ4n) is 2.64. The Morgan fingerprint density at radius 3 is 2.55 bits per heavy atom. The number of hydrogen-bond acceptors (Lipinski definition) is 5. The molecule has 0 aliphatic heterocycles. The highest BCUT2D eigenvalue weighted by Crippen LogP contribution is 2.27. The van der Waals surface area contributed by atoms with Crippen LogP contribution in [0, 0.1) is 5.41 Å². The highest BCUT2D eigenvalue weighted by atomic mass is 35.5. The van der Waals surface area contributed by atoms with Crippen molar-refractivity contribution in [2.24, 2.45) is 5.41 Å². The quantitative estimate of drug-likeness (QED) is 0.390. The van der Waals surface area contributed by atoms with Gasteiger partial charge in [0.05, 0.1) is 23.3 Å². The molecule has 0 radical (unpaired) electrons. The molecule has 0 saturated carbocycles. The normalized spacial score (nSPS) is 11.6. The SMILES string of the molecule is CC(C)(C)C(=O)COC(=O)CSc1nc2cc(Cl)ccc2n1Cc1ccccc1. The number of nitrogens with zero attached hydrogens (tertiary/aromatic N) is 2. The summed E-state index contributed by atoms with van der Waals surface area (Å²) in [4.78, 5) is 28.7. The van der Waals surface area contributed by atoms with Gasteiger partial charge >= 0.3 is 5.97 Å². The fraction of sp³-hybridized carbons (Fsp3) is 0.318. The summed E-state index contributed by atoms with van der Waals surface area (Å²) >= 11 is 7.40. The van der Waals surface area contributed by atoms with E-state index in [0.717, 1.165) is 16.6 Å². The molecule has 7 heteroatoms. The summed E-state index contributed by atoms with van der Waals surface area (Å²) in [6.07, 6.45) is 0. The second-order valence-corrected chi connectivity index (χ2v) is 9.10. The summed E-state index contributed by atoms with van der Waals surface area (Å²) < 4.78 is 7.19. The Labute approximate surface area is 179 Å². The van der Waals surface area contributed by atoms with E-state index in [9.17, 15) is 9.59 Å². The van der Waals surface area contributed by atoms with E-state index >= 15 is 0 Å². The van der Waals surface area contributed by atoms with E-state index in [0.29, 0.717) is 16.7 Å². The molecule has 0 fully saturated rings. The molecule has 5 nitrogen and oxygen atoms in total. The van der Waals surface area contributed by atoms with Crippen LogP contribution in [0.5, 0.6) is 0 Å². The van der Waals surface area contributed by atoms with Gasteiger partial charge in [0.1, 0.15) is 0 Å². The first-order valence-electron chi connectivity index (χ1n) is 9.25. The number of rotatable bonds is 7. The van der Waals surface area contributed by atoms with E-state index in [1.165, 1.54) is 11.8 Å². The molecule has 152 valence electrons. The average molecular weight is 431 g/mol. The fourth-order valence-corrected chi connectivity index (χ4v) is 3.62. The van der Waals surface area contributed by atoms with Gasteiger partial charge in [0.25, 0.3) is 0 Å². The van der Waals surface area contributed by atoms with Crippen molar-refractivity contribution in [3.63, 3.8) is 0 Å². The van der Waals surface area contributed by atoms with Crippen LogP contribution in [0.1, 0.15) is 26.3 Å². The highest BCUT2D eigenvalue weighted by Gasteiger charge is 2.22. The number of Topliss-reactive ketones (excluding diaryl/α,β-unsaturated/α-hetero) is 1. The van der Waals surface area contributed by atoms with Gasteiger partial charge in [-0.3, -0.25) is 9.59 Å². The smallest absolute Gasteiger partial charge is 0.316 e. The number of halogens is 1. The molecule has 3 rings (SSSR count). The molecule has 0 amide bonds. The molecule has 0 aliphatic carbocycles. The van der Waals surface area contributed by atoms with Gasteiger partial charge in [0.2, 0.25) is 0 Å². The van der Waals surface area contributed by atoms with Crippen molar-refractivity contribution in [3.05, 3.63) is 59.1 Å². The van der Waals surface area contributed by atoms with Crippen LogP contribution in [0.2, 0.25) is 5.02 Å². The van der Waals surface area contributed by atoms with Crippen LogP contribution in [-0.2, 0) is 20.9 Å². The van der Waals surface area contributed by atoms with Gasteiger partial charge in [-0.25, -0.2) is 4.98 Å². The maximum Gasteiger partial charge on any atom is 0.316 e. The lowest BCUT2D eigenvalue weighted by Crippen LogP contribution is -2.26. The number of ketones is 1. The molecule has 0 unspecified atom stereocenters. The number of fused-ring (bicyclic) bond motifs is 1. The molecule has 0 aliphatic rings. The van der Waals surface area contributed by atoms with Crippen molar-refractivity contribution in [3.8, 4) is 0 Å². The molecule has 0 atom stereocenters. The number of benzene rings is 2. The molecule has 2 aromatic carbocycles. The topological polar surface area (TPSA) is 61.2 Å². The summed E-state index contributed by atoms with van der Waals surface area (Å²) in [6.45, 7) is 5.82. The van der Waals surface area contributed by atoms with Crippen LogP contribution < -0.4 is 0 Å². The van der Waals surface area contributed by atoms with E-state index in [2.05, 4.69) is 9.55 Å². The summed E-state index contributed by atoms with van der Waals surface area (Å²) in [7, 11) is 0. The van der Waals surface area contributed by atoms with Gasteiger partial charge in [-0.2, -0.15) is 0 Å². The minimum absolute atomic E-state index is 0.0727. The lowest BCUT2D eigenvalue weighted by atomic mass is 9.91. The molecule has 1 aromatic heterocycles. The molecular weight excluding hydrogens is 408 g/mol.